The Hall–Kier alpha value is -1.07. The summed E-state index contributed by atoms with van der Waals surface area (Å²) in [5.74, 6) is 0.481. The van der Waals surface area contributed by atoms with Crippen LogP contribution in [0.4, 0.5) is 0 Å². The third kappa shape index (κ3) is 6.07. The summed E-state index contributed by atoms with van der Waals surface area (Å²) in [7, 11) is -3.53. The fourth-order valence-electron chi connectivity index (χ4n) is 1.53. The lowest BCUT2D eigenvalue weighted by molar-refractivity contribution is 0.303. The maximum Gasteiger partial charge on any atom is 0.271 e. The van der Waals surface area contributed by atoms with Crippen LogP contribution in [0.15, 0.2) is 24.3 Å². The zero-order valence-corrected chi connectivity index (χ0v) is 12.4. The van der Waals surface area contributed by atoms with Crippen LogP contribution in [0.2, 0.25) is 0 Å². The first-order valence-corrected chi connectivity index (χ1v) is 8.24. The van der Waals surface area contributed by atoms with Gasteiger partial charge >= 0.3 is 0 Å². The number of ether oxygens (including phenoxy) is 1. The molecule has 0 aliphatic carbocycles. The van der Waals surface area contributed by atoms with Gasteiger partial charge < -0.3 is 4.74 Å². The van der Waals surface area contributed by atoms with E-state index in [9.17, 15) is 8.42 Å². The summed E-state index contributed by atoms with van der Waals surface area (Å²) in [4.78, 5) is 0. The number of hydrogen-bond acceptors (Lipinski definition) is 4. The van der Waals surface area contributed by atoms with Gasteiger partial charge in [0.2, 0.25) is 0 Å². The largest absolute Gasteiger partial charge is 0.493 e. The van der Waals surface area contributed by atoms with E-state index < -0.39 is 10.1 Å². The van der Waals surface area contributed by atoms with Gasteiger partial charge in [-0.15, -0.1) is 0 Å². The molecule has 1 aromatic carbocycles. The molecule has 0 aliphatic heterocycles. The second-order valence-corrected chi connectivity index (χ2v) is 5.97. The van der Waals surface area contributed by atoms with Crippen LogP contribution in [-0.2, 0) is 20.1 Å². The Morgan fingerprint density at radius 1 is 1.05 bits per heavy atom. The molecule has 0 amide bonds. The SMILES string of the molecule is CCCCOc1ccccc1CS(=O)(=O)OCCC. The van der Waals surface area contributed by atoms with Crippen molar-refractivity contribution in [2.75, 3.05) is 13.2 Å². The van der Waals surface area contributed by atoms with E-state index in [1.165, 1.54) is 0 Å². The highest BCUT2D eigenvalue weighted by Crippen LogP contribution is 2.21. The highest BCUT2D eigenvalue weighted by molar-refractivity contribution is 7.85. The van der Waals surface area contributed by atoms with Crippen LogP contribution in [-0.4, -0.2) is 21.6 Å². The van der Waals surface area contributed by atoms with Crippen molar-refractivity contribution >= 4 is 10.1 Å². The second-order valence-electron chi connectivity index (χ2n) is 4.33. The van der Waals surface area contributed by atoms with Crippen molar-refractivity contribution in [3.05, 3.63) is 29.8 Å². The molecule has 0 heterocycles. The summed E-state index contributed by atoms with van der Waals surface area (Å²) in [6.45, 7) is 4.78. The van der Waals surface area contributed by atoms with Crippen molar-refractivity contribution in [1.82, 2.24) is 0 Å². The Morgan fingerprint density at radius 2 is 1.79 bits per heavy atom. The molecule has 5 heteroatoms. The number of para-hydroxylation sites is 1. The van der Waals surface area contributed by atoms with E-state index in [1.807, 2.05) is 13.0 Å². The van der Waals surface area contributed by atoms with Gasteiger partial charge in [-0.25, -0.2) is 0 Å². The standard InChI is InChI=1S/C14H22O4S/c1-3-5-11-17-14-9-7-6-8-13(14)12-19(15,16)18-10-4-2/h6-9H,3-5,10-12H2,1-2H3. The van der Waals surface area contributed by atoms with Crippen molar-refractivity contribution in [3.8, 4) is 5.75 Å². The smallest absolute Gasteiger partial charge is 0.271 e. The molecule has 0 atom stereocenters. The van der Waals surface area contributed by atoms with Crippen LogP contribution >= 0.6 is 0 Å². The minimum atomic E-state index is -3.53. The maximum absolute atomic E-state index is 11.8. The lowest BCUT2D eigenvalue weighted by atomic mass is 10.2. The zero-order valence-electron chi connectivity index (χ0n) is 11.6. The number of benzene rings is 1. The van der Waals surface area contributed by atoms with E-state index in [0.29, 0.717) is 24.3 Å². The third-order valence-electron chi connectivity index (χ3n) is 2.53. The maximum atomic E-state index is 11.8. The molecule has 0 radical (unpaired) electrons. The topological polar surface area (TPSA) is 52.6 Å². The normalized spacial score (nSPS) is 11.5. The molecule has 1 rings (SSSR count). The van der Waals surface area contributed by atoms with Crippen LogP contribution in [0.25, 0.3) is 0 Å². The third-order valence-corrected chi connectivity index (χ3v) is 3.72. The van der Waals surface area contributed by atoms with Gasteiger partial charge in [0.25, 0.3) is 10.1 Å². The van der Waals surface area contributed by atoms with Crippen LogP contribution in [0.1, 0.15) is 38.7 Å². The molecule has 0 N–H and O–H groups in total. The molecule has 0 aliphatic rings. The van der Waals surface area contributed by atoms with Gasteiger partial charge in [-0.3, -0.25) is 4.18 Å². The summed E-state index contributed by atoms with van der Waals surface area (Å²) >= 11 is 0. The minimum Gasteiger partial charge on any atom is -0.493 e. The summed E-state index contributed by atoms with van der Waals surface area (Å²) in [6, 6.07) is 7.19. The molecule has 4 nitrogen and oxygen atoms in total. The molecule has 0 saturated carbocycles. The van der Waals surface area contributed by atoms with Gasteiger partial charge in [0.1, 0.15) is 11.5 Å². The van der Waals surface area contributed by atoms with Gasteiger partial charge in [-0.1, -0.05) is 38.5 Å². The summed E-state index contributed by atoms with van der Waals surface area (Å²) < 4.78 is 34.0. The average molecular weight is 286 g/mol. The summed E-state index contributed by atoms with van der Waals surface area (Å²) in [5, 5.41) is 0. The van der Waals surface area contributed by atoms with Gasteiger partial charge in [0.15, 0.2) is 0 Å². The van der Waals surface area contributed by atoms with Gasteiger partial charge in [0, 0.05) is 5.56 Å². The van der Waals surface area contributed by atoms with Gasteiger partial charge in [-0.05, 0) is 18.9 Å². The van der Waals surface area contributed by atoms with Crippen molar-refractivity contribution in [1.29, 1.82) is 0 Å². The molecule has 19 heavy (non-hydrogen) atoms. The number of unbranched alkanes of at least 4 members (excludes halogenated alkanes) is 1. The first kappa shape index (κ1) is 16.0. The lowest BCUT2D eigenvalue weighted by Crippen LogP contribution is -2.11. The lowest BCUT2D eigenvalue weighted by Gasteiger charge is -2.11. The van der Waals surface area contributed by atoms with Crippen molar-refractivity contribution in [2.45, 2.75) is 38.9 Å². The van der Waals surface area contributed by atoms with E-state index >= 15 is 0 Å². The first-order chi connectivity index (χ1) is 9.09. The van der Waals surface area contributed by atoms with E-state index in [2.05, 4.69) is 6.92 Å². The Bertz CT molecular complexity index is 468. The summed E-state index contributed by atoms with van der Waals surface area (Å²) in [6.07, 6.45) is 2.67. The molecule has 0 bridgehead atoms. The molecule has 0 aromatic heterocycles. The van der Waals surface area contributed by atoms with E-state index in [-0.39, 0.29) is 12.4 Å². The van der Waals surface area contributed by atoms with E-state index in [4.69, 9.17) is 8.92 Å². The van der Waals surface area contributed by atoms with Crippen molar-refractivity contribution < 1.29 is 17.3 Å². The number of hydrogen-bond donors (Lipinski definition) is 0. The Balaban J connectivity index is 2.71. The average Bonchev–Trinajstić information content (AvgIpc) is 2.38. The highest BCUT2D eigenvalue weighted by Gasteiger charge is 2.15. The van der Waals surface area contributed by atoms with E-state index in [1.54, 1.807) is 18.2 Å². The molecule has 0 fully saturated rings. The molecule has 0 spiro atoms. The summed E-state index contributed by atoms with van der Waals surface area (Å²) in [5.41, 5.74) is 0.648. The van der Waals surface area contributed by atoms with Gasteiger partial charge in [0.05, 0.1) is 13.2 Å². The van der Waals surface area contributed by atoms with Crippen LogP contribution < -0.4 is 4.74 Å². The Kier molecular flexibility index (Phi) is 6.87. The molecule has 1 aromatic rings. The second kappa shape index (κ2) is 8.17. The fraction of sp³-hybridized carbons (Fsp3) is 0.571. The predicted molar refractivity (Wildman–Crippen MR) is 75.7 cm³/mol. The van der Waals surface area contributed by atoms with Crippen LogP contribution in [0, 0.1) is 0 Å². The van der Waals surface area contributed by atoms with Crippen LogP contribution in [0.3, 0.4) is 0 Å². The molecule has 0 saturated heterocycles. The quantitative estimate of drug-likeness (QED) is 0.517. The van der Waals surface area contributed by atoms with Crippen molar-refractivity contribution in [2.24, 2.45) is 0 Å². The van der Waals surface area contributed by atoms with Crippen LogP contribution in [0.5, 0.6) is 5.75 Å². The first-order valence-electron chi connectivity index (χ1n) is 6.67. The zero-order chi connectivity index (χ0) is 14.1. The van der Waals surface area contributed by atoms with Gasteiger partial charge in [-0.2, -0.15) is 8.42 Å². The predicted octanol–water partition coefficient (Wildman–Crippen LogP) is 3.12. The molecular weight excluding hydrogens is 264 g/mol. The monoisotopic (exact) mass is 286 g/mol. The van der Waals surface area contributed by atoms with Crippen molar-refractivity contribution in [3.63, 3.8) is 0 Å². The minimum absolute atomic E-state index is 0.144. The van der Waals surface area contributed by atoms with E-state index in [0.717, 1.165) is 12.8 Å². The molecule has 108 valence electrons. The Labute approximate surface area is 115 Å². The highest BCUT2D eigenvalue weighted by atomic mass is 32.2. The molecule has 0 unspecified atom stereocenters. The number of rotatable bonds is 9. The Morgan fingerprint density at radius 3 is 2.47 bits per heavy atom. The fourth-order valence-corrected chi connectivity index (χ4v) is 2.66. The molecular formula is C14H22O4S.